The molecule has 0 unspecified atom stereocenters. The molecule has 5 aromatic rings. The number of halogens is 2. The van der Waals surface area contributed by atoms with Crippen LogP contribution in [-0.4, -0.2) is 10.9 Å². The van der Waals surface area contributed by atoms with Gasteiger partial charge in [0, 0.05) is 21.4 Å². The summed E-state index contributed by atoms with van der Waals surface area (Å²) < 4.78 is 6.06. The lowest BCUT2D eigenvalue weighted by Crippen LogP contribution is -2.21. The predicted molar refractivity (Wildman–Crippen MR) is 155 cm³/mol. The van der Waals surface area contributed by atoms with E-state index < -0.39 is 0 Å². The molecule has 38 heavy (non-hydrogen) atoms. The van der Waals surface area contributed by atoms with E-state index in [1.54, 1.807) is 18.2 Å². The van der Waals surface area contributed by atoms with Crippen LogP contribution in [0.3, 0.4) is 0 Å². The molecule has 0 saturated heterocycles. The lowest BCUT2D eigenvalue weighted by molar-refractivity contribution is 0.102. The van der Waals surface area contributed by atoms with Gasteiger partial charge in [-0.1, -0.05) is 53.0 Å². The van der Waals surface area contributed by atoms with Gasteiger partial charge >= 0.3 is 0 Å². The zero-order valence-electron chi connectivity index (χ0n) is 20.6. The summed E-state index contributed by atoms with van der Waals surface area (Å²) in [4.78, 5) is 22.8. The van der Waals surface area contributed by atoms with Crippen LogP contribution in [0.2, 0.25) is 10.0 Å². The SMILES string of the molecule is Cc1ccc(N=c2oc3c(Cl)cc(Cl)cc3cc2C(=O)Nc2nc(-c3ccc4c(c3)CCCC4)cs2)cc1. The van der Waals surface area contributed by atoms with E-state index in [0.29, 0.717) is 31.8 Å². The molecule has 1 N–H and O–H groups in total. The number of aromatic nitrogens is 1. The number of aryl methyl sites for hydroxylation is 3. The fourth-order valence-electron chi connectivity index (χ4n) is 4.67. The van der Waals surface area contributed by atoms with Crippen LogP contribution < -0.4 is 10.9 Å². The fraction of sp³-hybridized carbons (Fsp3) is 0.167. The van der Waals surface area contributed by atoms with Crippen LogP contribution in [0.5, 0.6) is 0 Å². The number of anilines is 1. The molecule has 8 heteroatoms. The Kier molecular flexibility index (Phi) is 6.78. The molecule has 190 valence electrons. The van der Waals surface area contributed by atoms with Crippen LogP contribution in [-0.2, 0) is 12.8 Å². The number of thiazole rings is 1. The zero-order valence-corrected chi connectivity index (χ0v) is 22.9. The molecule has 1 aliphatic rings. The van der Waals surface area contributed by atoms with Gasteiger partial charge in [-0.15, -0.1) is 11.3 Å². The molecular formula is C30H23Cl2N3O2S. The number of hydrogen-bond donors (Lipinski definition) is 1. The molecule has 0 aliphatic heterocycles. The summed E-state index contributed by atoms with van der Waals surface area (Å²) in [6, 6.07) is 19.2. The van der Waals surface area contributed by atoms with E-state index in [4.69, 9.17) is 32.6 Å². The Morgan fingerprint density at radius 1 is 1.00 bits per heavy atom. The second-order valence-electron chi connectivity index (χ2n) is 9.40. The topological polar surface area (TPSA) is 67.5 Å². The van der Waals surface area contributed by atoms with Gasteiger partial charge in [0.2, 0.25) is 5.55 Å². The number of carbonyl (C=O) groups excluding carboxylic acids is 1. The lowest BCUT2D eigenvalue weighted by Gasteiger charge is -2.16. The third-order valence-corrected chi connectivity index (χ3v) is 7.90. The number of carbonyl (C=O) groups is 1. The molecule has 0 radical (unpaired) electrons. The zero-order chi connectivity index (χ0) is 26.2. The average molecular weight is 561 g/mol. The van der Waals surface area contributed by atoms with Crippen molar-refractivity contribution in [1.82, 2.24) is 4.98 Å². The van der Waals surface area contributed by atoms with Crippen LogP contribution in [0, 0.1) is 6.92 Å². The van der Waals surface area contributed by atoms with Crippen molar-refractivity contribution in [2.45, 2.75) is 32.6 Å². The van der Waals surface area contributed by atoms with Gasteiger partial charge in [-0.3, -0.25) is 10.1 Å². The molecule has 1 aliphatic carbocycles. The first kappa shape index (κ1) is 24.9. The minimum atomic E-state index is -0.385. The molecule has 0 fully saturated rings. The van der Waals surface area contributed by atoms with Crippen LogP contribution in [0.25, 0.3) is 22.2 Å². The standard InChI is InChI=1S/C30H23Cl2N3O2S/c1-17-6-10-23(11-7-17)33-29-24(14-21-13-22(31)15-25(32)27(21)37-29)28(36)35-30-34-26(16-38-30)20-9-8-18-4-2-3-5-19(18)12-20/h6-16H,2-5H2,1H3,(H,34,35,36). The van der Waals surface area contributed by atoms with Gasteiger partial charge in [0.25, 0.3) is 5.91 Å². The van der Waals surface area contributed by atoms with E-state index in [9.17, 15) is 4.79 Å². The summed E-state index contributed by atoms with van der Waals surface area (Å²) in [6.07, 6.45) is 4.70. The molecule has 2 heterocycles. The molecular weight excluding hydrogens is 537 g/mol. The minimum Gasteiger partial charge on any atom is -0.436 e. The maximum absolute atomic E-state index is 13.5. The maximum Gasteiger partial charge on any atom is 0.262 e. The summed E-state index contributed by atoms with van der Waals surface area (Å²) in [7, 11) is 0. The van der Waals surface area contributed by atoms with Crippen molar-refractivity contribution in [3.05, 3.63) is 104 Å². The van der Waals surface area contributed by atoms with E-state index in [1.807, 2.05) is 36.6 Å². The number of fused-ring (bicyclic) bond motifs is 2. The van der Waals surface area contributed by atoms with E-state index in [2.05, 4.69) is 28.5 Å². The Bertz CT molecular complexity index is 1760. The summed E-state index contributed by atoms with van der Waals surface area (Å²) >= 11 is 14.0. The van der Waals surface area contributed by atoms with Gasteiger partial charge in [0.15, 0.2) is 10.7 Å². The molecule has 0 saturated carbocycles. The third kappa shape index (κ3) is 5.12. The van der Waals surface area contributed by atoms with Crippen LogP contribution in [0.15, 0.2) is 75.5 Å². The Morgan fingerprint density at radius 3 is 2.61 bits per heavy atom. The molecule has 0 atom stereocenters. The highest BCUT2D eigenvalue weighted by Crippen LogP contribution is 2.31. The number of nitrogens with one attached hydrogen (secondary N) is 1. The summed E-state index contributed by atoms with van der Waals surface area (Å²) in [5, 5.41) is 6.77. The quantitative estimate of drug-likeness (QED) is 0.240. The van der Waals surface area contributed by atoms with Gasteiger partial charge in [0.05, 0.1) is 16.4 Å². The van der Waals surface area contributed by atoms with Crippen molar-refractivity contribution in [3.63, 3.8) is 0 Å². The van der Waals surface area contributed by atoms with Gasteiger partial charge in [-0.2, -0.15) is 0 Å². The summed E-state index contributed by atoms with van der Waals surface area (Å²) in [5.74, 6) is -0.385. The van der Waals surface area contributed by atoms with Crippen molar-refractivity contribution in [3.8, 4) is 11.3 Å². The normalized spacial score (nSPS) is 13.5. The Balaban J connectivity index is 1.36. The Labute approximate surface area is 233 Å². The summed E-state index contributed by atoms with van der Waals surface area (Å²) in [5.41, 5.74) is 7.28. The van der Waals surface area contributed by atoms with Gasteiger partial charge in [-0.25, -0.2) is 9.98 Å². The fourth-order valence-corrected chi connectivity index (χ4v) is 5.93. The molecule has 0 spiro atoms. The van der Waals surface area contributed by atoms with E-state index in [1.165, 1.54) is 35.3 Å². The van der Waals surface area contributed by atoms with Crippen molar-refractivity contribution in [2.24, 2.45) is 4.99 Å². The third-order valence-electron chi connectivity index (χ3n) is 6.64. The highest BCUT2D eigenvalue weighted by atomic mass is 35.5. The van der Waals surface area contributed by atoms with Gasteiger partial charge in [0.1, 0.15) is 5.56 Å². The van der Waals surface area contributed by atoms with Crippen LogP contribution >= 0.6 is 34.5 Å². The van der Waals surface area contributed by atoms with Crippen molar-refractivity contribution in [2.75, 3.05) is 5.32 Å². The van der Waals surface area contributed by atoms with Gasteiger partial charge < -0.3 is 4.42 Å². The molecule has 5 nitrogen and oxygen atoms in total. The molecule has 6 rings (SSSR count). The van der Waals surface area contributed by atoms with Crippen molar-refractivity contribution < 1.29 is 9.21 Å². The average Bonchev–Trinajstić information content (AvgIpc) is 3.38. The molecule has 0 bridgehead atoms. The van der Waals surface area contributed by atoms with Gasteiger partial charge in [-0.05, 0) is 80.1 Å². The lowest BCUT2D eigenvalue weighted by atomic mass is 9.90. The highest BCUT2D eigenvalue weighted by Gasteiger charge is 2.17. The van der Waals surface area contributed by atoms with Crippen molar-refractivity contribution >= 4 is 62.2 Å². The van der Waals surface area contributed by atoms with Crippen LogP contribution in [0.4, 0.5) is 10.8 Å². The highest BCUT2D eigenvalue weighted by molar-refractivity contribution is 7.14. The molecule has 1 amide bonds. The first-order chi connectivity index (χ1) is 18.4. The molecule has 3 aromatic carbocycles. The number of nitrogens with zero attached hydrogens (tertiary/aromatic N) is 2. The number of rotatable bonds is 4. The Morgan fingerprint density at radius 2 is 1.79 bits per heavy atom. The largest absolute Gasteiger partial charge is 0.436 e. The molecule has 2 aromatic heterocycles. The monoisotopic (exact) mass is 559 g/mol. The number of hydrogen-bond acceptors (Lipinski definition) is 5. The maximum atomic E-state index is 13.5. The second-order valence-corrected chi connectivity index (χ2v) is 11.1. The number of amides is 1. The summed E-state index contributed by atoms with van der Waals surface area (Å²) in [6.45, 7) is 2.00. The van der Waals surface area contributed by atoms with E-state index in [-0.39, 0.29) is 17.0 Å². The van der Waals surface area contributed by atoms with E-state index >= 15 is 0 Å². The smallest absolute Gasteiger partial charge is 0.262 e. The second kappa shape index (κ2) is 10.4. The minimum absolute atomic E-state index is 0.148. The van der Waals surface area contributed by atoms with Crippen LogP contribution in [0.1, 0.15) is 39.9 Å². The predicted octanol–water partition coefficient (Wildman–Crippen LogP) is 8.54. The first-order valence-electron chi connectivity index (χ1n) is 12.4. The number of benzene rings is 3. The Hall–Kier alpha value is -3.45. The van der Waals surface area contributed by atoms with Crippen molar-refractivity contribution in [1.29, 1.82) is 0 Å². The van der Waals surface area contributed by atoms with E-state index in [0.717, 1.165) is 29.7 Å². The first-order valence-corrected chi connectivity index (χ1v) is 14.0.